The van der Waals surface area contributed by atoms with Crippen LogP contribution in [0, 0.1) is 0 Å². The maximum absolute atomic E-state index is 10.6. The highest BCUT2D eigenvalue weighted by molar-refractivity contribution is 5.84. The minimum absolute atomic E-state index is 0.132. The molecule has 0 spiro atoms. The van der Waals surface area contributed by atoms with E-state index in [1.165, 1.54) is 0 Å². The van der Waals surface area contributed by atoms with E-state index < -0.39 is 17.8 Å². The molecule has 0 unspecified atom stereocenters. The van der Waals surface area contributed by atoms with Crippen LogP contribution in [0.4, 0.5) is 0 Å². The van der Waals surface area contributed by atoms with Crippen molar-refractivity contribution in [1.82, 2.24) is 5.48 Å². The third kappa shape index (κ3) is 20.2. The molecule has 0 aliphatic rings. The van der Waals surface area contributed by atoms with Gasteiger partial charge in [0, 0.05) is 13.1 Å². The molecule has 8 heteroatoms. The fourth-order valence-corrected chi connectivity index (χ4v) is 0.450. The minimum Gasteiger partial charge on any atom is -0.481 e. The highest BCUT2D eigenvalue weighted by Gasteiger charge is 2.05. The van der Waals surface area contributed by atoms with Crippen molar-refractivity contribution in [3.63, 3.8) is 0 Å². The van der Waals surface area contributed by atoms with Gasteiger partial charge < -0.3 is 21.4 Å². The Balaban J connectivity index is 0. The van der Waals surface area contributed by atoms with Gasteiger partial charge in [0.1, 0.15) is 0 Å². The molecule has 0 aromatic rings. The second-order valence-corrected chi connectivity index (χ2v) is 2.66. The summed E-state index contributed by atoms with van der Waals surface area (Å²) in [5.74, 6) is -2.10. The Morgan fingerprint density at radius 1 is 1.35 bits per heavy atom. The smallest absolute Gasteiger partial charge is 0.325 e. The van der Waals surface area contributed by atoms with E-state index in [-0.39, 0.29) is 12.8 Å². The van der Waals surface area contributed by atoms with Gasteiger partial charge in [-0.3, -0.25) is 14.4 Å². The first-order chi connectivity index (χ1) is 7.93. The SMILES string of the molecule is C=CC(N)=O.NCCNOC(=O)CCC(=O)O. The van der Waals surface area contributed by atoms with Crippen LogP contribution in [0.25, 0.3) is 0 Å². The number of rotatable bonds is 7. The second kappa shape index (κ2) is 12.1. The lowest BCUT2D eigenvalue weighted by molar-refractivity contribution is -0.153. The highest BCUT2D eigenvalue weighted by atomic mass is 16.7. The number of nitrogens with two attached hydrogens (primary N) is 2. The fraction of sp³-hybridized carbons (Fsp3) is 0.444. The Morgan fingerprint density at radius 2 is 1.88 bits per heavy atom. The lowest BCUT2D eigenvalue weighted by Crippen LogP contribution is -2.26. The minimum atomic E-state index is -1.02. The molecule has 0 aliphatic carbocycles. The Labute approximate surface area is 98.6 Å². The van der Waals surface area contributed by atoms with Gasteiger partial charge in [0.2, 0.25) is 5.91 Å². The number of nitrogens with one attached hydrogen (secondary N) is 1. The van der Waals surface area contributed by atoms with E-state index in [9.17, 15) is 14.4 Å². The fourth-order valence-electron chi connectivity index (χ4n) is 0.450. The number of carbonyl (C=O) groups excluding carboxylic acids is 2. The molecule has 0 atom stereocenters. The zero-order valence-corrected chi connectivity index (χ0v) is 9.35. The highest BCUT2D eigenvalue weighted by Crippen LogP contribution is 1.90. The number of carboxylic acid groups (broad SMARTS) is 1. The summed E-state index contributed by atoms with van der Waals surface area (Å²) in [6.45, 7) is 3.80. The lowest BCUT2D eigenvalue weighted by atomic mass is 10.3. The van der Waals surface area contributed by atoms with Crippen LogP contribution in [-0.2, 0) is 19.2 Å². The largest absolute Gasteiger partial charge is 0.481 e. The zero-order valence-electron chi connectivity index (χ0n) is 9.35. The molecule has 0 aromatic heterocycles. The van der Waals surface area contributed by atoms with Gasteiger partial charge in [-0.15, -0.1) is 0 Å². The third-order valence-electron chi connectivity index (χ3n) is 1.18. The van der Waals surface area contributed by atoms with Gasteiger partial charge in [0.05, 0.1) is 12.8 Å². The molecule has 0 heterocycles. The summed E-state index contributed by atoms with van der Waals surface area (Å²) in [5, 5.41) is 8.19. The summed E-state index contributed by atoms with van der Waals surface area (Å²) in [5.41, 5.74) is 11.9. The van der Waals surface area contributed by atoms with Crippen LogP contribution in [0.15, 0.2) is 12.7 Å². The molecule has 0 saturated heterocycles. The summed E-state index contributed by atoms with van der Waals surface area (Å²) in [4.78, 5) is 34.5. The van der Waals surface area contributed by atoms with E-state index in [1.807, 2.05) is 0 Å². The van der Waals surface area contributed by atoms with Gasteiger partial charge in [-0.05, 0) is 6.08 Å². The monoisotopic (exact) mass is 247 g/mol. The third-order valence-corrected chi connectivity index (χ3v) is 1.18. The van der Waals surface area contributed by atoms with Crippen LogP contribution in [0.5, 0.6) is 0 Å². The van der Waals surface area contributed by atoms with Gasteiger partial charge in [-0.1, -0.05) is 6.58 Å². The van der Waals surface area contributed by atoms with Crippen molar-refractivity contribution in [2.24, 2.45) is 11.5 Å². The predicted octanol–water partition coefficient (Wildman–Crippen LogP) is -1.48. The van der Waals surface area contributed by atoms with E-state index in [0.717, 1.165) is 6.08 Å². The zero-order chi connectivity index (χ0) is 13.7. The number of hydrogen-bond acceptors (Lipinski definition) is 6. The first kappa shape index (κ1) is 17.5. The van der Waals surface area contributed by atoms with Crippen LogP contribution in [0.3, 0.4) is 0 Å². The van der Waals surface area contributed by atoms with Crippen LogP contribution < -0.4 is 16.9 Å². The van der Waals surface area contributed by atoms with E-state index in [4.69, 9.17) is 10.8 Å². The molecule has 0 bridgehead atoms. The quantitative estimate of drug-likeness (QED) is 0.244. The van der Waals surface area contributed by atoms with Gasteiger partial charge in [-0.2, -0.15) is 5.48 Å². The van der Waals surface area contributed by atoms with E-state index in [0.29, 0.717) is 13.1 Å². The molecule has 0 radical (unpaired) electrons. The number of carbonyl (C=O) groups is 3. The van der Waals surface area contributed by atoms with Crippen molar-refractivity contribution in [3.05, 3.63) is 12.7 Å². The molecule has 0 rings (SSSR count). The van der Waals surface area contributed by atoms with Crippen molar-refractivity contribution >= 4 is 17.8 Å². The van der Waals surface area contributed by atoms with Crippen molar-refractivity contribution in [2.45, 2.75) is 12.8 Å². The molecule has 0 aliphatic heterocycles. The van der Waals surface area contributed by atoms with Crippen molar-refractivity contribution in [3.8, 4) is 0 Å². The number of hydrogen-bond donors (Lipinski definition) is 4. The molecule has 17 heavy (non-hydrogen) atoms. The van der Waals surface area contributed by atoms with Gasteiger partial charge in [-0.25, -0.2) is 0 Å². The normalized spacial score (nSPS) is 8.53. The Bertz CT molecular complexity index is 267. The molecule has 0 fully saturated rings. The molecule has 0 aromatic carbocycles. The molecular formula is C9H17N3O5. The Hall–Kier alpha value is -1.93. The van der Waals surface area contributed by atoms with Gasteiger partial charge in [0.15, 0.2) is 0 Å². The number of aliphatic carboxylic acids is 1. The number of carboxylic acids is 1. The second-order valence-electron chi connectivity index (χ2n) is 2.66. The summed E-state index contributed by atoms with van der Waals surface area (Å²) in [6.07, 6.45) is 0.704. The van der Waals surface area contributed by atoms with Crippen LogP contribution in [0.1, 0.15) is 12.8 Å². The molecule has 98 valence electrons. The van der Waals surface area contributed by atoms with Gasteiger partial charge in [0.25, 0.3) is 0 Å². The number of hydroxylamine groups is 1. The predicted molar refractivity (Wildman–Crippen MR) is 59.4 cm³/mol. The summed E-state index contributed by atoms with van der Waals surface area (Å²) in [7, 11) is 0. The van der Waals surface area contributed by atoms with Crippen LogP contribution >= 0.6 is 0 Å². The summed E-state index contributed by atoms with van der Waals surface area (Å²) < 4.78 is 0. The maximum Gasteiger partial charge on any atom is 0.325 e. The average Bonchev–Trinajstić information content (AvgIpc) is 2.27. The molecular weight excluding hydrogens is 230 g/mol. The van der Waals surface area contributed by atoms with Crippen LogP contribution in [-0.4, -0.2) is 36.0 Å². The first-order valence-corrected chi connectivity index (χ1v) is 4.70. The molecule has 8 nitrogen and oxygen atoms in total. The van der Waals surface area contributed by atoms with Crippen LogP contribution in [0.2, 0.25) is 0 Å². The topological polar surface area (TPSA) is 145 Å². The molecule has 0 saturated carbocycles. The van der Waals surface area contributed by atoms with Crippen molar-refractivity contribution < 1.29 is 24.3 Å². The maximum atomic E-state index is 10.6. The van der Waals surface area contributed by atoms with Crippen molar-refractivity contribution in [2.75, 3.05) is 13.1 Å². The average molecular weight is 247 g/mol. The van der Waals surface area contributed by atoms with Crippen molar-refractivity contribution in [1.29, 1.82) is 0 Å². The lowest BCUT2D eigenvalue weighted by Gasteiger charge is -2.02. The van der Waals surface area contributed by atoms with E-state index in [1.54, 1.807) is 0 Å². The summed E-state index contributed by atoms with van der Waals surface area (Å²) in [6, 6.07) is 0. The summed E-state index contributed by atoms with van der Waals surface area (Å²) >= 11 is 0. The number of primary amides is 1. The number of amides is 1. The Kier molecular flexibility index (Phi) is 12.5. The van der Waals surface area contributed by atoms with E-state index in [2.05, 4.69) is 22.6 Å². The standard InChI is InChI=1S/C6H12N2O4.C3H5NO/c7-3-4-8-12-6(11)2-1-5(9)10;1-2-3(4)5/h8H,1-4,7H2,(H,9,10);2H,1H2,(H2,4,5). The molecule has 6 N–H and O–H groups in total. The first-order valence-electron chi connectivity index (χ1n) is 4.70. The Morgan fingerprint density at radius 3 is 2.24 bits per heavy atom. The van der Waals surface area contributed by atoms with E-state index >= 15 is 0 Å². The van der Waals surface area contributed by atoms with Gasteiger partial charge >= 0.3 is 11.9 Å². The molecule has 1 amide bonds.